The van der Waals surface area contributed by atoms with E-state index in [0.717, 1.165) is 16.5 Å². The number of para-hydroxylation sites is 1. The quantitative estimate of drug-likeness (QED) is 0.401. The number of furan rings is 1. The fourth-order valence-electron chi connectivity index (χ4n) is 3.40. The van der Waals surface area contributed by atoms with E-state index in [0.29, 0.717) is 35.0 Å². The van der Waals surface area contributed by atoms with Crippen LogP contribution in [0, 0.1) is 0 Å². The summed E-state index contributed by atoms with van der Waals surface area (Å²) in [5.74, 6) is 1.85. The Morgan fingerprint density at radius 3 is 2.03 bits per heavy atom. The predicted molar refractivity (Wildman–Crippen MR) is 126 cm³/mol. The van der Waals surface area contributed by atoms with Crippen molar-refractivity contribution in [2.45, 2.75) is 12.5 Å². The van der Waals surface area contributed by atoms with Crippen molar-refractivity contribution in [3.63, 3.8) is 0 Å². The van der Waals surface area contributed by atoms with Crippen molar-refractivity contribution in [3.8, 4) is 28.7 Å². The average molecular weight is 453 g/mol. The van der Waals surface area contributed by atoms with E-state index in [-0.39, 0.29) is 5.75 Å². The zero-order chi connectivity index (χ0) is 23.8. The standard InChI is InChI=1S/C18H22O6.C8H6O/c1-21-15-6-5-11(8-14(15)20)7-13(19)12-9-16(22-2)18(24-4)17(10-12)23-3;1-2-4-8-7(3-1)5-6-9-8/h5-6,8-10,13,19-20H,7H2,1-4H3;1-6H/t13-;/m1./s1. The summed E-state index contributed by atoms with van der Waals surface area (Å²) in [6.45, 7) is 0. The van der Waals surface area contributed by atoms with E-state index >= 15 is 0 Å². The second kappa shape index (κ2) is 11.2. The summed E-state index contributed by atoms with van der Waals surface area (Å²) in [4.78, 5) is 0. The normalized spacial score (nSPS) is 11.3. The van der Waals surface area contributed by atoms with Crippen LogP contribution in [0.4, 0.5) is 0 Å². The van der Waals surface area contributed by atoms with Gasteiger partial charge >= 0.3 is 0 Å². The van der Waals surface area contributed by atoms with Crippen LogP contribution in [-0.4, -0.2) is 38.7 Å². The highest BCUT2D eigenvalue weighted by Crippen LogP contribution is 2.40. The first-order valence-corrected chi connectivity index (χ1v) is 10.3. The van der Waals surface area contributed by atoms with Gasteiger partial charge in [0.15, 0.2) is 23.0 Å². The van der Waals surface area contributed by atoms with E-state index in [2.05, 4.69) is 0 Å². The lowest BCUT2D eigenvalue weighted by Gasteiger charge is -2.17. The van der Waals surface area contributed by atoms with Crippen LogP contribution in [0.2, 0.25) is 0 Å². The molecule has 174 valence electrons. The molecule has 2 N–H and O–H groups in total. The minimum Gasteiger partial charge on any atom is -0.504 e. The van der Waals surface area contributed by atoms with Gasteiger partial charge in [-0.25, -0.2) is 0 Å². The van der Waals surface area contributed by atoms with Crippen molar-refractivity contribution in [3.05, 3.63) is 78.1 Å². The van der Waals surface area contributed by atoms with E-state index in [1.165, 1.54) is 28.4 Å². The molecule has 7 nitrogen and oxygen atoms in total. The Hall–Kier alpha value is -3.84. The molecule has 0 spiro atoms. The summed E-state index contributed by atoms with van der Waals surface area (Å²) in [5.41, 5.74) is 2.35. The van der Waals surface area contributed by atoms with E-state index in [9.17, 15) is 10.2 Å². The lowest BCUT2D eigenvalue weighted by atomic mass is 10.00. The second-order valence-corrected chi connectivity index (χ2v) is 7.14. The van der Waals surface area contributed by atoms with Crippen LogP contribution in [-0.2, 0) is 6.42 Å². The number of phenols is 1. The van der Waals surface area contributed by atoms with Gasteiger partial charge in [-0.15, -0.1) is 0 Å². The summed E-state index contributed by atoms with van der Waals surface area (Å²) >= 11 is 0. The third-order valence-electron chi connectivity index (χ3n) is 5.11. The van der Waals surface area contributed by atoms with Crippen LogP contribution in [0.1, 0.15) is 17.2 Å². The summed E-state index contributed by atoms with van der Waals surface area (Å²) in [6.07, 6.45) is 1.22. The Bertz CT molecular complexity index is 1130. The van der Waals surface area contributed by atoms with Crippen molar-refractivity contribution in [1.82, 2.24) is 0 Å². The van der Waals surface area contributed by atoms with E-state index < -0.39 is 6.10 Å². The van der Waals surface area contributed by atoms with Gasteiger partial charge in [-0.1, -0.05) is 24.3 Å². The largest absolute Gasteiger partial charge is 0.504 e. The third-order valence-corrected chi connectivity index (χ3v) is 5.11. The van der Waals surface area contributed by atoms with Crippen molar-refractivity contribution in [1.29, 1.82) is 0 Å². The van der Waals surface area contributed by atoms with Crippen LogP contribution in [0.15, 0.2) is 71.3 Å². The van der Waals surface area contributed by atoms with Crippen molar-refractivity contribution < 1.29 is 33.6 Å². The first-order chi connectivity index (χ1) is 16.0. The maximum Gasteiger partial charge on any atom is 0.203 e. The lowest BCUT2D eigenvalue weighted by molar-refractivity contribution is 0.177. The second-order valence-electron chi connectivity index (χ2n) is 7.14. The van der Waals surface area contributed by atoms with Gasteiger partial charge in [0.1, 0.15) is 5.58 Å². The molecule has 0 saturated carbocycles. The van der Waals surface area contributed by atoms with E-state index in [4.69, 9.17) is 23.4 Å². The first-order valence-electron chi connectivity index (χ1n) is 10.3. The van der Waals surface area contributed by atoms with Gasteiger partial charge in [-0.2, -0.15) is 0 Å². The minimum atomic E-state index is -0.800. The van der Waals surface area contributed by atoms with Crippen LogP contribution < -0.4 is 18.9 Å². The molecular formula is C26H28O7. The summed E-state index contributed by atoms with van der Waals surface area (Å²) in [5, 5.41) is 21.5. The Kier molecular flexibility index (Phi) is 8.05. The molecule has 1 heterocycles. The third kappa shape index (κ3) is 5.70. The lowest BCUT2D eigenvalue weighted by Crippen LogP contribution is -2.04. The van der Waals surface area contributed by atoms with Crippen LogP contribution in [0.25, 0.3) is 11.0 Å². The zero-order valence-corrected chi connectivity index (χ0v) is 19.1. The molecule has 0 unspecified atom stereocenters. The number of aliphatic hydroxyl groups excluding tert-OH is 1. The molecule has 3 aromatic carbocycles. The molecule has 0 fully saturated rings. The molecule has 4 rings (SSSR count). The summed E-state index contributed by atoms with van der Waals surface area (Å²) in [6, 6.07) is 18.3. The Labute approximate surface area is 192 Å². The topological polar surface area (TPSA) is 90.5 Å². The molecule has 0 saturated heterocycles. The minimum absolute atomic E-state index is 0.0343. The number of fused-ring (bicyclic) bond motifs is 1. The molecule has 4 aromatic rings. The molecular weight excluding hydrogens is 424 g/mol. The highest BCUT2D eigenvalue weighted by molar-refractivity contribution is 5.76. The number of methoxy groups -OCH3 is 4. The van der Waals surface area contributed by atoms with Gasteiger partial charge in [0.05, 0.1) is 40.8 Å². The highest BCUT2D eigenvalue weighted by Gasteiger charge is 2.18. The number of hydrogen-bond acceptors (Lipinski definition) is 7. The number of aromatic hydroxyl groups is 1. The zero-order valence-electron chi connectivity index (χ0n) is 19.1. The number of hydrogen-bond donors (Lipinski definition) is 2. The number of benzene rings is 3. The van der Waals surface area contributed by atoms with Gasteiger partial charge in [-0.05, 0) is 47.5 Å². The average Bonchev–Trinajstić information content (AvgIpc) is 3.32. The smallest absolute Gasteiger partial charge is 0.203 e. The first kappa shape index (κ1) is 23.8. The number of ether oxygens (including phenoxy) is 4. The van der Waals surface area contributed by atoms with Gasteiger partial charge in [0.2, 0.25) is 5.75 Å². The van der Waals surface area contributed by atoms with Gasteiger partial charge in [0, 0.05) is 11.8 Å². The summed E-state index contributed by atoms with van der Waals surface area (Å²) < 4.78 is 26.0. The van der Waals surface area contributed by atoms with Crippen molar-refractivity contribution in [2.75, 3.05) is 28.4 Å². The molecule has 0 amide bonds. The molecule has 0 bridgehead atoms. The Morgan fingerprint density at radius 2 is 1.45 bits per heavy atom. The molecule has 0 aliphatic heterocycles. The number of aliphatic hydroxyl groups is 1. The monoisotopic (exact) mass is 452 g/mol. The highest BCUT2D eigenvalue weighted by atomic mass is 16.5. The molecule has 33 heavy (non-hydrogen) atoms. The van der Waals surface area contributed by atoms with Gasteiger partial charge in [0.25, 0.3) is 0 Å². The van der Waals surface area contributed by atoms with Crippen LogP contribution >= 0.6 is 0 Å². The molecule has 1 aromatic heterocycles. The SMILES string of the molecule is COc1ccc(C[C@@H](O)c2cc(OC)c(OC)c(OC)c2)cc1O.c1ccc2occc2c1. The van der Waals surface area contributed by atoms with E-state index in [1.54, 1.807) is 36.6 Å². The fourth-order valence-corrected chi connectivity index (χ4v) is 3.40. The molecule has 7 heteroatoms. The fraction of sp³-hybridized carbons (Fsp3) is 0.231. The predicted octanol–water partition coefficient (Wildman–Crippen LogP) is 5.14. The molecule has 0 aliphatic carbocycles. The van der Waals surface area contributed by atoms with Crippen LogP contribution in [0.5, 0.6) is 28.7 Å². The maximum atomic E-state index is 10.5. The number of rotatable bonds is 7. The van der Waals surface area contributed by atoms with Crippen LogP contribution in [0.3, 0.4) is 0 Å². The van der Waals surface area contributed by atoms with Gasteiger partial charge < -0.3 is 33.6 Å². The van der Waals surface area contributed by atoms with Crippen molar-refractivity contribution in [2.24, 2.45) is 0 Å². The molecule has 0 aliphatic rings. The van der Waals surface area contributed by atoms with Crippen molar-refractivity contribution >= 4 is 11.0 Å². The summed E-state index contributed by atoms with van der Waals surface area (Å²) in [7, 11) is 6.06. The van der Waals surface area contributed by atoms with Gasteiger partial charge in [-0.3, -0.25) is 0 Å². The molecule has 0 radical (unpaired) electrons. The Balaban J connectivity index is 0.000000280. The number of phenolic OH excluding ortho intramolecular Hbond substituents is 1. The maximum absolute atomic E-state index is 10.5. The molecule has 1 atom stereocenters. The van der Waals surface area contributed by atoms with E-state index in [1.807, 2.05) is 30.3 Å². The Morgan fingerprint density at radius 1 is 0.788 bits per heavy atom.